The molecule has 3 rings (SSSR count). The van der Waals surface area contributed by atoms with Crippen molar-refractivity contribution in [3.63, 3.8) is 0 Å². The summed E-state index contributed by atoms with van der Waals surface area (Å²) in [5, 5.41) is 32.9. The predicted molar refractivity (Wildman–Crippen MR) is 122 cm³/mol. The molecule has 0 bridgehead atoms. The van der Waals surface area contributed by atoms with Crippen molar-refractivity contribution >= 4 is 21.6 Å². The topological polar surface area (TPSA) is 265 Å². The van der Waals surface area contributed by atoms with Gasteiger partial charge in [-0.05, 0) is 13.8 Å². The quantitative estimate of drug-likeness (QED) is 0.150. The number of hydrogen-bond donors (Lipinski definition) is 7. The Balaban J connectivity index is 1.58. The van der Waals surface area contributed by atoms with Gasteiger partial charge in [0, 0.05) is 25.1 Å². The molecule has 10 atom stereocenters. The summed E-state index contributed by atoms with van der Waals surface area (Å²) in [7, 11) is -10.8. The summed E-state index contributed by atoms with van der Waals surface area (Å²) in [6.07, 6.45) is -9.29. The molecule has 0 radical (unpaired) electrons. The molecule has 1 aromatic rings. The zero-order valence-electron chi connectivity index (χ0n) is 20.3. The molecule has 2 aliphatic heterocycles. The Labute approximate surface area is 214 Å². The molecule has 0 aliphatic carbocycles. The van der Waals surface area contributed by atoms with Crippen molar-refractivity contribution in [1.29, 1.82) is 0 Å². The molecule has 0 spiro atoms. The molecule has 1 aromatic heterocycles. The largest absolute Gasteiger partial charge is 0.483 e. The van der Waals surface area contributed by atoms with Crippen LogP contribution in [-0.4, -0.2) is 90.0 Å². The molecule has 2 saturated heterocycles. The summed E-state index contributed by atoms with van der Waals surface area (Å²) in [4.78, 5) is 56.7. The van der Waals surface area contributed by atoms with Gasteiger partial charge in [-0.1, -0.05) is 0 Å². The van der Waals surface area contributed by atoms with Crippen molar-refractivity contribution < 1.29 is 61.9 Å². The second kappa shape index (κ2) is 11.8. The Morgan fingerprint density at radius 1 is 1.18 bits per heavy atom. The van der Waals surface area contributed by atoms with E-state index in [1.807, 2.05) is 0 Å². The zero-order valence-corrected chi connectivity index (χ0v) is 22.1. The number of nitrogens with zero attached hydrogens (tertiary/aromatic N) is 1. The second-order valence-corrected chi connectivity index (χ2v) is 11.7. The predicted octanol–water partition coefficient (Wildman–Crippen LogP) is -2.28. The number of nitrogens with one attached hydrogen (secondary N) is 2. The monoisotopic (exact) mass is 589 g/mol. The van der Waals surface area contributed by atoms with E-state index in [9.17, 15) is 48.6 Å². The van der Waals surface area contributed by atoms with E-state index in [4.69, 9.17) is 9.47 Å². The van der Waals surface area contributed by atoms with Crippen LogP contribution in [0.4, 0.5) is 0 Å². The van der Waals surface area contributed by atoms with Crippen LogP contribution in [-0.2, 0) is 36.8 Å². The van der Waals surface area contributed by atoms with E-state index in [-0.39, 0.29) is 12.0 Å². The Hall–Kier alpha value is -1.79. The number of phosphoric ester groups is 2. The Morgan fingerprint density at radius 2 is 1.84 bits per heavy atom. The number of aromatic amines is 1. The van der Waals surface area contributed by atoms with E-state index >= 15 is 0 Å². The molecule has 20 heteroatoms. The minimum Gasteiger partial charge on any atom is -0.390 e. The van der Waals surface area contributed by atoms with Crippen LogP contribution in [0.15, 0.2) is 15.8 Å². The molecule has 2 fully saturated rings. The first-order valence-electron chi connectivity index (χ1n) is 11.1. The van der Waals surface area contributed by atoms with Crippen molar-refractivity contribution in [3.8, 4) is 0 Å². The summed E-state index contributed by atoms with van der Waals surface area (Å²) >= 11 is 0. The zero-order chi connectivity index (χ0) is 28.6. The SMILES string of the molecule is CC(=O)N[C@H]1[C@H](O)[C@@H](O)[C@@H](OP(=O)(O)OP(=O)(O)OC[C@H]2O[C@@H](n3cc(C)c(=O)[nH]c3=O)C[C@@H]2O)O[C@@H]1C. The molecule has 0 saturated carbocycles. The number of aryl methyl sites for hydroxylation is 1. The van der Waals surface area contributed by atoms with Crippen LogP contribution < -0.4 is 16.6 Å². The summed E-state index contributed by atoms with van der Waals surface area (Å²) in [5.74, 6) is -0.547. The highest BCUT2D eigenvalue weighted by atomic mass is 31.3. The normalized spacial score (nSPS) is 34.8. The van der Waals surface area contributed by atoms with E-state index < -0.39 is 88.5 Å². The number of H-pyrrole nitrogens is 1. The van der Waals surface area contributed by atoms with Crippen molar-refractivity contribution in [1.82, 2.24) is 14.9 Å². The number of carbonyl (C=O) groups is 1. The number of rotatable bonds is 9. The van der Waals surface area contributed by atoms with Gasteiger partial charge in [0.1, 0.15) is 24.5 Å². The van der Waals surface area contributed by atoms with Crippen LogP contribution in [0.5, 0.6) is 0 Å². The number of carbonyl (C=O) groups excluding carboxylic acids is 1. The fourth-order valence-electron chi connectivity index (χ4n) is 3.86. The van der Waals surface area contributed by atoms with Gasteiger partial charge in [-0.25, -0.2) is 13.9 Å². The van der Waals surface area contributed by atoms with E-state index in [1.165, 1.54) is 20.0 Å². The first-order valence-corrected chi connectivity index (χ1v) is 14.1. The molecule has 38 heavy (non-hydrogen) atoms. The van der Waals surface area contributed by atoms with E-state index in [0.29, 0.717) is 0 Å². The lowest BCUT2D eigenvalue weighted by molar-refractivity contribution is -0.246. The summed E-state index contributed by atoms with van der Waals surface area (Å²) in [6.45, 7) is 3.12. The molecule has 2 aliphatic rings. The van der Waals surface area contributed by atoms with Crippen molar-refractivity contribution in [2.75, 3.05) is 6.61 Å². The maximum absolute atomic E-state index is 12.3. The number of hydrogen-bond acceptors (Lipinski definition) is 13. The number of aromatic nitrogens is 2. The lowest BCUT2D eigenvalue weighted by Gasteiger charge is -2.41. The van der Waals surface area contributed by atoms with Gasteiger partial charge in [0.05, 0.1) is 24.9 Å². The van der Waals surface area contributed by atoms with Gasteiger partial charge < -0.3 is 39.9 Å². The minimum atomic E-state index is -5.48. The van der Waals surface area contributed by atoms with Gasteiger partial charge in [-0.15, -0.1) is 0 Å². The number of amides is 1. The third kappa shape index (κ3) is 7.44. The van der Waals surface area contributed by atoms with Crippen LogP contribution >= 0.6 is 15.6 Å². The van der Waals surface area contributed by atoms with Crippen molar-refractivity contribution in [2.24, 2.45) is 0 Å². The number of aliphatic hydroxyl groups excluding tert-OH is 3. The highest BCUT2D eigenvalue weighted by Crippen LogP contribution is 2.61. The lowest BCUT2D eigenvalue weighted by atomic mass is 9.97. The standard InChI is InChI=1S/C18H29N3O15P2/c1-7-5-21(18(27)20-16(7)26)12-4-10(23)11(34-12)6-32-37(28,29)36-38(30,31)35-17-15(25)14(24)13(8(2)33-17)19-9(3)22/h5,8,10-15,17,23-25H,4,6H2,1-3H3,(H,19,22)(H,28,29)(H,30,31)(H,20,26,27)/t8-,10+,11-,12-,13-,14+,15-,17-/m1/s1. The van der Waals surface area contributed by atoms with Crippen LogP contribution in [0.3, 0.4) is 0 Å². The van der Waals surface area contributed by atoms with E-state index in [2.05, 4.69) is 23.7 Å². The first-order chi connectivity index (χ1) is 17.5. The Kier molecular flexibility index (Phi) is 9.51. The molecule has 0 aromatic carbocycles. The van der Waals surface area contributed by atoms with Gasteiger partial charge in [0.2, 0.25) is 5.91 Å². The maximum Gasteiger partial charge on any atom is 0.483 e. The molecule has 216 valence electrons. The van der Waals surface area contributed by atoms with Crippen LogP contribution in [0.2, 0.25) is 0 Å². The van der Waals surface area contributed by atoms with Gasteiger partial charge in [0.25, 0.3) is 5.56 Å². The fraction of sp³-hybridized carbons (Fsp3) is 0.722. The summed E-state index contributed by atoms with van der Waals surface area (Å²) < 4.78 is 49.7. The van der Waals surface area contributed by atoms with Gasteiger partial charge in [-0.3, -0.25) is 28.2 Å². The smallest absolute Gasteiger partial charge is 0.390 e. The molecule has 1 amide bonds. The summed E-state index contributed by atoms with van der Waals surface area (Å²) in [6, 6.07) is -1.09. The average molecular weight is 589 g/mol. The molecular formula is C18H29N3O15P2. The third-order valence-electron chi connectivity index (χ3n) is 5.73. The fourth-order valence-corrected chi connectivity index (χ4v) is 6.02. The average Bonchev–Trinajstić information content (AvgIpc) is 3.15. The molecule has 18 nitrogen and oxygen atoms in total. The van der Waals surface area contributed by atoms with E-state index in [1.54, 1.807) is 0 Å². The third-order valence-corrected chi connectivity index (χ3v) is 8.33. The van der Waals surface area contributed by atoms with Gasteiger partial charge >= 0.3 is 21.3 Å². The van der Waals surface area contributed by atoms with E-state index in [0.717, 1.165) is 11.5 Å². The first kappa shape index (κ1) is 30.7. The number of aliphatic hydroxyl groups is 3. The minimum absolute atomic E-state index is 0.158. The van der Waals surface area contributed by atoms with Crippen LogP contribution in [0, 0.1) is 6.92 Å². The van der Waals surface area contributed by atoms with Crippen LogP contribution in [0.1, 0.15) is 32.1 Å². The molecular weight excluding hydrogens is 560 g/mol. The number of phosphoric acid groups is 2. The summed E-state index contributed by atoms with van der Waals surface area (Å²) in [5.41, 5.74) is -1.24. The van der Waals surface area contributed by atoms with Crippen molar-refractivity contribution in [2.45, 2.75) is 76.3 Å². The van der Waals surface area contributed by atoms with Crippen molar-refractivity contribution in [3.05, 3.63) is 32.6 Å². The highest BCUT2D eigenvalue weighted by molar-refractivity contribution is 7.61. The van der Waals surface area contributed by atoms with Gasteiger partial charge in [-0.2, -0.15) is 4.31 Å². The van der Waals surface area contributed by atoms with Gasteiger partial charge in [0.15, 0.2) is 6.29 Å². The van der Waals surface area contributed by atoms with Crippen LogP contribution in [0.25, 0.3) is 0 Å². The number of ether oxygens (including phenoxy) is 2. The molecule has 7 N–H and O–H groups in total. The Morgan fingerprint density at radius 3 is 2.47 bits per heavy atom. The molecule has 2 unspecified atom stereocenters. The lowest BCUT2D eigenvalue weighted by Crippen LogP contribution is -2.62. The highest BCUT2D eigenvalue weighted by Gasteiger charge is 2.48. The maximum atomic E-state index is 12.3. The molecule has 3 heterocycles. The second-order valence-electron chi connectivity index (χ2n) is 8.75. The Bertz CT molecular complexity index is 1240.